The highest BCUT2D eigenvalue weighted by molar-refractivity contribution is 9.10. The van der Waals surface area contributed by atoms with E-state index in [9.17, 15) is 4.79 Å². The molecule has 0 saturated carbocycles. The Balaban J connectivity index is 1.62. The van der Waals surface area contributed by atoms with E-state index >= 15 is 0 Å². The quantitative estimate of drug-likeness (QED) is 0.244. The van der Waals surface area contributed by atoms with Gasteiger partial charge in [-0.05, 0) is 48.0 Å². The van der Waals surface area contributed by atoms with E-state index in [-0.39, 0.29) is 5.91 Å². The number of amides is 1. The van der Waals surface area contributed by atoms with Crippen LogP contribution in [-0.2, 0) is 11.4 Å². The molecule has 0 aromatic heterocycles. The van der Waals surface area contributed by atoms with E-state index in [1.807, 2.05) is 78.9 Å². The molecular formula is C23H15Br2NO2S2. The molecule has 1 aliphatic rings. The van der Waals surface area contributed by atoms with Crippen molar-refractivity contribution in [3.8, 4) is 5.75 Å². The van der Waals surface area contributed by atoms with Crippen molar-refractivity contribution < 1.29 is 9.53 Å². The van der Waals surface area contributed by atoms with E-state index in [4.69, 9.17) is 17.0 Å². The Kier molecular flexibility index (Phi) is 6.73. The molecule has 3 aromatic rings. The van der Waals surface area contributed by atoms with Gasteiger partial charge in [0.1, 0.15) is 12.4 Å². The number of rotatable bonds is 5. The number of carbonyl (C=O) groups is 1. The van der Waals surface area contributed by atoms with Gasteiger partial charge in [-0.2, -0.15) is 0 Å². The fourth-order valence-electron chi connectivity index (χ4n) is 2.95. The van der Waals surface area contributed by atoms with Gasteiger partial charge in [0.15, 0.2) is 4.32 Å². The average Bonchev–Trinajstić information content (AvgIpc) is 3.01. The molecular weight excluding hydrogens is 546 g/mol. The van der Waals surface area contributed by atoms with Crippen LogP contribution in [0.5, 0.6) is 5.75 Å². The van der Waals surface area contributed by atoms with Crippen molar-refractivity contribution in [3.05, 3.63) is 97.8 Å². The smallest absolute Gasteiger partial charge is 0.270 e. The SMILES string of the molecule is O=C1/C(=C/c2cc(Br)ccc2OCc2ccccc2)SC(=S)N1c1cccc(Br)c1. The molecule has 1 fully saturated rings. The third-order valence-electron chi connectivity index (χ3n) is 4.36. The second-order valence-corrected chi connectivity index (χ2v) is 9.96. The van der Waals surface area contributed by atoms with Crippen LogP contribution < -0.4 is 9.64 Å². The lowest BCUT2D eigenvalue weighted by molar-refractivity contribution is -0.113. The molecule has 1 aliphatic heterocycles. The highest BCUT2D eigenvalue weighted by atomic mass is 79.9. The molecule has 0 radical (unpaired) electrons. The van der Waals surface area contributed by atoms with Gasteiger partial charge in [0.2, 0.25) is 0 Å². The number of hydrogen-bond acceptors (Lipinski definition) is 4. The third kappa shape index (κ3) is 4.86. The summed E-state index contributed by atoms with van der Waals surface area (Å²) in [4.78, 5) is 15.2. The predicted molar refractivity (Wildman–Crippen MR) is 135 cm³/mol. The summed E-state index contributed by atoms with van der Waals surface area (Å²) in [5, 5.41) is 0. The van der Waals surface area contributed by atoms with Crippen molar-refractivity contribution in [3.63, 3.8) is 0 Å². The Hall–Kier alpha value is -1.93. The Labute approximate surface area is 201 Å². The topological polar surface area (TPSA) is 29.5 Å². The summed E-state index contributed by atoms with van der Waals surface area (Å²) >= 11 is 13.7. The van der Waals surface area contributed by atoms with Crippen LogP contribution in [0.3, 0.4) is 0 Å². The molecule has 1 heterocycles. The molecule has 3 aromatic carbocycles. The van der Waals surface area contributed by atoms with Crippen LogP contribution in [0, 0.1) is 0 Å². The van der Waals surface area contributed by atoms with Crippen molar-refractivity contribution in [2.75, 3.05) is 4.90 Å². The Morgan fingerprint density at radius 1 is 0.967 bits per heavy atom. The van der Waals surface area contributed by atoms with Gasteiger partial charge in [-0.15, -0.1) is 0 Å². The fourth-order valence-corrected chi connectivity index (χ4v) is 5.00. The normalized spacial score (nSPS) is 15.1. The molecule has 0 bridgehead atoms. The van der Waals surface area contributed by atoms with E-state index in [2.05, 4.69) is 31.9 Å². The van der Waals surface area contributed by atoms with Gasteiger partial charge in [-0.25, -0.2) is 0 Å². The maximum atomic E-state index is 13.1. The zero-order valence-electron chi connectivity index (χ0n) is 15.5. The first kappa shape index (κ1) is 21.3. The minimum atomic E-state index is -0.142. The van der Waals surface area contributed by atoms with Crippen LogP contribution in [0.4, 0.5) is 5.69 Å². The molecule has 30 heavy (non-hydrogen) atoms. The predicted octanol–water partition coefficient (Wildman–Crippen LogP) is 7.20. The minimum absolute atomic E-state index is 0.142. The van der Waals surface area contributed by atoms with Crippen LogP contribution in [-0.4, -0.2) is 10.2 Å². The average molecular weight is 561 g/mol. The molecule has 150 valence electrons. The third-order valence-corrected chi connectivity index (χ3v) is 6.64. The highest BCUT2D eigenvalue weighted by Gasteiger charge is 2.33. The molecule has 0 spiro atoms. The molecule has 3 nitrogen and oxygen atoms in total. The fraction of sp³-hybridized carbons (Fsp3) is 0.0435. The van der Waals surface area contributed by atoms with E-state index in [1.54, 1.807) is 4.90 Å². The van der Waals surface area contributed by atoms with Crippen LogP contribution in [0.2, 0.25) is 0 Å². The highest BCUT2D eigenvalue weighted by Crippen LogP contribution is 2.38. The van der Waals surface area contributed by atoms with Gasteiger partial charge in [0.05, 0.1) is 10.6 Å². The summed E-state index contributed by atoms with van der Waals surface area (Å²) in [6.07, 6.45) is 1.84. The van der Waals surface area contributed by atoms with Crippen LogP contribution in [0.15, 0.2) is 86.6 Å². The summed E-state index contributed by atoms with van der Waals surface area (Å²) < 4.78 is 8.34. The Morgan fingerprint density at radius 2 is 1.73 bits per heavy atom. The number of benzene rings is 3. The van der Waals surface area contributed by atoms with Crippen molar-refractivity contribution in [1.82, 2.24) is 0 Å². The van der Waals surface area contributed by atoms with Crippen LogP contribution >= 0.6 is 55.8 Å². The summed E-state index contributed by atoms with van der Waals surface area (Å²) in [6.45, 7) is 0.447. The standard InChI is InChI=1S/C23H15Br2NO2S2/c24-17-7-4-8-19(13-17)26-22(27)21(30-23(26)29)12-16-11-18(25)9-10-20(16)28-14-15-5-2-1-3-6-15/h1-13H,14H2/b21-12-. The molecule has 0 N–H and O–H groups in total. The Bertz CT molecular complexity index is 1150. The molecule has 1 amide bonds. The van der Waals surface area contributed by atoms with E-state index in [0.29, 0.717) is 21.6 Å². The molecule has 4 rings (SSSR count). The van der Waals surface area contributed by atoms with E-state index in [0.717, 1.165) is 25.8 Å². The number of nitrogens with zero attached hydrogens (tertiary/aromatic N) is 1. The zero-order valence-corrected chi connectivity index (χ0v) is 20.4. The first-order valence-corrected chi connectivity index (χ1v) is 11.8. The van der Waals surface area contributed by atoms with Gasteiger partial charge in [0, 0.05) is 14.5 Å². The van der Waals surface area contributed by atoms with Gasteiger partial charge < -0.3 is 4.74 Å². The monoisotopic (exact) mass is 559 g/mol. The molecule has 0 unspecified atom stereocenters. The number of anilines is 1. The lowest BCUT2D eigenvalue weighted by atomic mass is 10.1. The van der Waals surface area contributed by atoms with Gasteiger partial charge >= 0.3 is 0 Å². The van der Waals surface area contributed by atoms with Gasteiger partial charge in [0.25, 0.3) is 5.91 Å². The first-order chi connectivity index (χ1) is 14.5. The number of thiocarbonyl (C=S) groups is 1. The molecule has 0 aliphatic carbocycles. The van der Waals surface area contributed by atoms with Crippen molar-refractivity contribution in [2.45, 2.75) is 6.61 Å². The number of carbonyl (C=O) groups excluding carboxylic acids is 1. The van der Waals surface area contributed by atoms with Crippen molar-refractivity contribution in [1.29, 1.82) is 0 Å². The van der Waals surface area contributed by atoms with Crippen LogP contribution in [0.1, 0.15) is 11.1 Å². The maximum absolute atomic E-state index is 13.1. The van der Waals surface area contributed by atoms with Crippen molar-refractivity contribution >= 4 is 77.8 Å². The second-order valence-electron chi connectivity index (χ2n) is 6.45. The number of ether oxygens (including phenoxy) is 1. The lowest BCUT2D eigenvalue weighted by Gasteiger charge is -2.14. The summed E-state index contributed by atoms with van der Waals surface area (Å²) in [6, 6.07) is 23.3. The molecule has 1 saturated heterocycles. The van der Waals surface area contributed by atoms with E-state index < -0.39 is 0 Å². The summed E-state index contributed by atoms with van der Waals surface area (Å²) in [5.74, 6) is 0.562. The number of thioether (sulfide) groups is 1. The van der Waals surface area contributed by atoms with Gasteiger partial charge in [-0.1, -0.05) is 92.2 Å². The van der Waals surface area contributed by atoms with Crippen LogP contribution in [0.25, 0.3) is 6.08 Å². The zero-order chi connectivity index (χ0) is 21.1. The second kappa shape index (κ2) is 9.47. The number of hydrogen-bond donors (Lipinski definition) is 0. The number of halogens is 2. The molecule has 7 heteroatoms. The lowest BCUT2D eigenvalue weighted by Crippen LogP contribution is -2.27. The maximum Gasteiger partial charge on any atom is 0.270 e. The van der Waals surface area contributed by atoms with E-state index in [1.165, 1.54) is 11.8 Å². The molecule has 0 atom stereocenters. The summed E-state index contributed by atoms with van der Waals surface area (Å²) in [7, 11) is 0. The first-order valence-electron chi connectivity index (χ1n) is 9.01. The van der Waals surface area contributed by atoms with Crippen molar-refractivity contribution in [2.24, 2.45) is 0 Å². The summed E-state index contributed by atoms with van der Waals surface area (Å²) in [5.41, 5.74) is 2.63. The largest absolute Gasteiger partial charge is 0.488 e. The minimum Gasteiger partial charge on any atom is -0.488 e. The van der Waals surface area contributed by atoms with Gasteiger partial charge in [-0.3, -0.25) is 9.69 Å². The Morgan fingerprint density at radius 3 is 2.50 bits per heavy atom.